The van der Waals surface area contributed by atoms with Gasteiger partial charge in [-0.05, 0) is 12.8 Å². The van der Waals surface area contributed by atoms with E-state index in [2.05, 4.69) is 16.9 Å². The maximum absolute atomic E-state index is 11.3. The molecule has 0 aliphatic carbocycles. The summed E-state index contributed by atoms with van der Waals surface area (Å²) in [6.07, 6.45) is 7.46. The van der Waals surface area contributed by atoms with Gasteiger partial charge in [0.15, 0.2) is 35.4 Å². The summed E-state index contributed by atoms with van der Waals surface area (Å²) in [6, 6.07) is 0. The van der Waals surface area contributed by atoms with Gasteiger partial charge in [-0.15, -0.1) is 0 Å². The molecule has 0 spiro atoms. The first-order valence-corrected chi connectivity index (χ1v) is 9.70. The lowest BCUT2D eigenvalue weighted by Gasteiger charge is -2.11. The van der Waals surface area contributed by atoms with Gasteiger partial charge in [-0.1, -0.05) is 13.3 Å². The normalized spacial score (nSPS) is 12.8. The van der Waals surface area contributed by atoms with Crippen LogP contribution in [0.15, 0.2) is 6.20 Å². The maximum atomic E-state index is 11.3. The van der Waals surface area contributed by atoms with Gasteiger partial charge in [-0.2, -0.15) is 0 Å². The molecule has 1 aromatic carbocycles. The highest BCUT2D eigenvalue weighted by Crippen LogP contribution is 2.38. The van der Waals surface area contributed by atoms with E-state index < -0.39 is 0 Å². The van der Waals surface area contributed by atoms with Gasteiger partial charge in [0, 0.05) is 10.8 Å². The zero-order valence-electron chi connectivity index (χ0n) is 16.8. The number of aromatic amines is 2. The number of aryl methyl sites for hydroxylation is 1. The summed E-state index contributed by atoms with van der Waals surface area (Å²) in [5.41, 5.74) is 3.47. The molecule has 0 bridgehead atoms. The molecule has 30 heavy (non-hydrogen) atoms. The highest BCUT2D eigenvalue weighted by Gasteiger charge is 2.25. The van der Waals surface area contributed by atoms with Crippen LogP contribution in [-0.4, -0.2) is 34.3 Å². The lowest BCUT2D eigenvalue weighted by Crippen LogP contribution is -2.34. The Kier molecular flexibility index (Phi) is 4.23. The fraction of sp³-hybridized carbons (Fsp3) is 0.286. The number of phenolic OH excluding ortho intramolecular Hbond substituents is 1. The van der Waals surface area contributed by atoms with Crippen molar-refractivity contribution < 1.29 is 29.3 Å². The van der Waals surface area contributed by atoms with E-state index >= 15 is 0 Å². The summed E-state index contributed by atoms with van der Waals surface area (Å²) in [6.45, 7) is 2.11. The van der Waals surface area contributed by atoms with Gasteiger partial charge in [0.2, 0.25) is 17.1 Å². The Morgan fingerprint density at radius 1 is 1.10 bits per heavy atom. The van der Waals surface area contributed by atoms with Crippen molar-refractivity contribution in [1.82, 2.24) is 15.0 Å². The van der Waals surface area contributed by atoms with Gasteiger partial charge >= 0.3 is 0 Å². The van der Waals surface area contributed by atoms with Crippen molar-refractivity contribution in [3.8, 4) is 17.4 Å². The second kappa shape index (κ2) is 6.94. The topological polar surface area (TPSA) is 113 Å². The third-order valence-electron chi connectivity index (χ3n) is 5.39. The Morgan fingerprint density at radius 2 is 1.93 bits per heavy atom. The van der Waals surface area contributed by atoms with E-state index in [1.165, 1.54) is 13.4 Å². The number of unbranched alkanes of at least 4 members (excludes halogenated alkanes) is 1. The summed E-state index contributed by atoms with van der Waals surface area (Å²) >= 11 is 0. The standard InChI is InChI=1S/C21H20N4O5/c1-4-5-6-11-13-12-9-30-29-8-10(12)7-22-14(13)15-16(18(11)26)23-17-19(27-2)21(28-3)25-20(17)24-15/h7-9,26H,4-6H2,1-3H3,(H,24,25)/p+1. The lowest BCUT2D eigenvalue weighted by atomic mass is 9.98. The molecular weight excluding hydrogens is 388 g/mol. The summed E-state index contributed by atoms with van der Waals surface area (Å²) in [5.74, 6) is 0.969. The number of aromatic nitrogens is 4. The van der Waals surface area contributed by atoms with Gasteiger partial charge < -0.3 is 19.6 Å². The number of aromatic hydroxyl groups is 1. The number of hydrogen-bond acceptors (Lipinski definition) is 7. The molecule has 0 unspecified atom stereocenters. The van der Waals surface area contributed by atoms with Crippen molar-refractivity contribution in [2.45, 2.75) is 26.2 Å². The number of fused-ring (bicyclic) bond motifs is 6. The summed E-state index contributed by atoms with van der Waals surface area (Å²) < 4.78 is 10.8. The average molecular weight is 409 g/mol. The van der Waals surface area contributed by atoms with Crippen LogP contribution in [0.3, 0.4) is 0 Å². The van der Waals surface area contributed by atoms with E-state index in [4.69, 9.17) is 29.2 Å². The minimum atomic E-state index is 0.101. The third kappa shape index (κ3) is 2.51. The average Bonchev–Trinajstić information content (AvgIpc) is 3.14. The molecule has 0 atom stereocenters. The van der Waals surface area contributed by atoms with E-state index in [-0.39, 0.29) is 5.75 Å². The number of methoxy groups -OCH3 is 2. The molecule has 154 valence electrons. The first kappa shape index (κ1) is 18.3. The minimum Gasteiger partial charge on any atom is -0.505 e. The van der Waals surface area contributed by atoms with E-state index in [0.717, 1.165) is 39.7 Å². The second-order valence-corrected chi connectivity index (χ2v) is 7.08. The molecule has 4 heterocycles. The Balaban J connectivity index is 1.98. The molecule has 4 aromatic rings. The van der Waals surface area contributed by atoms with E-state index in [1.54, 1.807) is 13.4 Å². The smallest absolute Gasteiger partial charge is 0.240 e. The van der Waals surface area contributed by atoms with Crippen LogP contribution >= 0.6 is 0 Å². The third-order valence-corrected chi connectivity index (χ3v) is 5.39. The second-order valence-electron chi connectivity index (χ2n) is 7.08. The van der Waals surface area contributed by atoms with Crippen molar-refractivity contribution in [1.29, 1.82) is 0 Å². The molecule has 1 aliphatic heterocycles. The Morgan fingerprint density at radius 3 is 2.70 bits per heavy atom. The molecule has 0 radical (unpaired) electrons. The largest absolute Gasteiger partial charge is 0.505 e. The molecule has 3 N–H and O–H groups in total. The number of pyridine rings is 1. The number of ether oxygens (including phenoxy) is 2. The van der Waals surface area contributed by atoms with Gasteiger partial charge in [0.1, 0.15) is 11.3 Å². The molecule has 9 nitrogen and oxygen atoms in total. The van der Waals surface area contributed by atoms with E-state index in [9.17, 15) is 5.11 Å². The Hall–Kier alpha value is -3.75. The van der Waals surface area contributed by atoms with Crippen molar-refractivity contribution in [2.75, 3.05) is 14.2 Å². The molecular formula is C21H21N4O5+. The zero-order chi connectivity index (χ0) is 20.8. The van der Waals surface area contributed by atoms with Gasteiger partial charge in [0.25, 0.3) is 0 Å². The van der Waals surface area contributed by atoms with Crippen LogP contribution in [0.4, 0.5) is 0 Å². The van der Waals surface area contributed by atoms with Gasteiger partial charge in [0.05, 0.1) is 24.8 Å². The van der Waals surface area contributed by atoms with Crippen LogP contribution in [0, 0.1) is 0 Å². The molecule has 0 saturated carbocycles. The summed E-state index contributed by atoms with van der Waals surface area (Å²) in [7, 11) is 3.08. The van der Waals surface area contributed by atoms with Crippen molar-refractivity contribution in [3.05, 3.63) is 22.2 Å². The van der Waals surface area contributed by atoms with Gasteiger partial charge in [-0.25, -0.2) is 15.0 Å². The van der Waals surface area contributed by atoms with Gasteiger partial charge in [-0.3, -0.25) is 9.78 Å². The van der Waals surface area contributed by atoms with Crippen LogP contribution in [0.1, 0.15) is 25.3 Å². The Bertz CT molecular complexity index is 1430. The van der Waals surface area contributed by atoms with Crippen molar-refractivity contribution in [2.24, 2.45) is 0 Å². The SMILES string of the molecule is CCCCc1c(O)c2nc3c(OC)c(OC)[nH]c3nc2c2[nH+]cc3c(c12)=COOC=3. The number of benzene rings is 1. The number of phenols is 1. The molecule has 9 heteroatoms. The number of nitrogens with one attached hydrogen (secondary N) is 2. The predicted octanol–water partition coefficient (Wildman–Crippen LogP) is 1.58. The summed E-state index contributed by atoms with van der Waals surface area (Å²) in [5, 5.41) is 13.7. The lowest BCUT2D eigenvalue weighted by molar-refractivity contribution is -0.345. The number of H-pyrrole nitrogens is 2. The van der Waals surface area contributed by atoms with Crippen LogP contribution in [0.2, 0.25) is 0 Å². The highest BCUT2D eigenvalue weighted by molar-refractivity contribution is 6.07. The zero-order valence-corrected chi connectivity index (χ0v) is 16.8. The van der Waals surface area contributed by atoms with Crippen LogP contribution in [0.5, 0.6) is 17.4 Å². The van der Waals surface area contributed by atoms with E-state index in [0.29, 0.717) is 40.2 Å². The monoisotopic (exact) mass is 409 g/mol. The molecule has 5 rings (SSSR count). The molecule has 1 aliphatic rings. The first-order valence-electron chi connectivity index (χ1n) is 9.70. The molecule has 0 fully saturated rings. The molecule has 0 amide bonds. The summed E-state index contributed by atoms with van der Waals surface area (Å²) in [4.78, 5) is 25.9. The van der Waals surface area contributed by atoms with Crippen molar-refractivity contribution >= 4 is 45.6 Å². The highest BCUT2D eigenvalue weighted by atomic mass is 17.2. The number of hydrogen-bond donors (Lipinski definition) is 2. The van der Waals surface area contributed by atoms with Crippen LogP contribution in [-0.2, 0) is 16.2 Å². The quantitative estimate of drug-likeness (QED) is 0.380. The van der Waals surface area contributed by atoms with Crippen LogP contribution in [0.25, 0.3) is 45.6 Å². The Labute approximate surface area is 170 Å². The van der Waals surface area contributed by atoms with Crippen LogP contribution < -0.4 is 24.9 Å². The molecule has 0 saturated heterocycles. The minimum absolute atomic E-state index is 0.101. The fourth-order valence-electron chi connectivity index (χ4n) is 3.94. The number of nitrogens with zero attached hydrogens (tertiary/aromatic N) is 2. The first-order chi connectivity index (χ1) is 14.7. The fourth-order valence-corrected chi connectivity index (χ4v) is 3.94. The van der Waals surface area contributed by atoms with Crippen molar-refractivity contribution in [3.63, 3.8) is 0 Å². The van der Waals surface area contributed by atoms with E-state index in [1.807, 2.05) is 6.20 Å². The predicted molar refractivity (Wildman–Crippen MR) is 109 cm³/mol. The number of rotatable bonds is 5. The molecule has 3 aromatic heterocycles. The maximum Gasteiger partial charge on any atom is 0.240 e.